The van der Waals surface area contributed by atoms with Crippen LogP contribution >= 0.6 is 0 Å². The number of carbonyl (C=O) groups is 2. The largest absolute Gasteiger partial charge is 0.481 e. The fraction of sp³-hybridized carbons (Fsp3) is 0.438. The average Bonchev–Trinajstić information content (AvgIpc) is 3.12. The number of amides is 1. The van der Waals surface area contributed by atoms with Crippen LogP contribution in [-0.4, -0.2) is 44.6 Å². The van der Waals surface area contributed by atoms with Gasteiger partial charge in [-0.2, -0.15) is 5.10 Å². The van der Waals surface area contributed by atoms with Gasteiger partial charge in [0.1, 0.15) is 0 Å². The molecular formula is C16H17N3O3. The van der Waals surface area contributed by atoms with E-state index < -0.39 is 11.9 Å². The lowest BCUT2D eigenvalue weighted by Crippen LogP contribution is -2.29. The van der Waals surface area contributed by atoms with Gasteiger partial charge in [0.05, 0.1) is 23.2 Å². The predicted octanol–water partition coefficient (Wildman–Crippen LogP) is 1.52. The number of rotatable bonds is 3. The van der Waals surface area contributed by atoms with Crippen molar-refractivity contribution in [3.63, 3.8) is 0 Å². The number of pyridine rings is 1. The molecule has 0 unspecified atom stereocenters. The zero-order valence-corrected chi connectivity index (χ0v) is 12.1. The molecule has 0 bridgehead atoms. The van der Waals surface area contributed by atoms with E-state index in [9.17, 15) is 14.7 Å². The molecule has 4 rings (SSSR count). The molecule has 0 spiro atoms. The molecule has 6 nitrogen and oxygen atoms in total. The SMILES string of the molecule is O=C(O)[C@H]1CN(C(=O)c2cnn3ccccc23)C[C@@H]1C1CC1. The minimum absolute atomic E-state index is 0.100. The van der Waals surface area contributed by atoms with Crippen molar-refractivity contribution in [1.29, 1.82) is 0 Å². The summed E-state index contributed by atoms with van der Waals surface area (Å²) in [4.78, 5) is 25.9. The van der Waals surface area contributed by atoms with Gasteiger partial charge in [0.15, 0.2) is 0 Å². The molecule has 2 aromatic rings. The highest BCUT2D eigenvalue weighted by Gasteiger charge is 2.47. The Morgan fingerprint density at radius 2 is 2.05 bits per heavy atom. The van der Waals surface area contributed by atoms with Gasteiger partial charge in [-0.15, -0.1) is 0 Å². The van der Waals surface area contributed by atoms with Gasteiger partial charge in [0.2, 0.25) is 0 Å². The predicted molar refractivity (Wildman–Crippen MR) is 78.4 cm³/mol. The van der Waals surface area contributed by atoms with E-state index in [2.05, 4.69) is 5.10 Å². The van der Waals surface area contributed by atoms with Crippen LogP contribution in [0.4, 0.5) is 0 Å². The first-order valence-corrected chi connectivity index (χ1v) is 7.59. The topological polar surface area (TPSA) is 74.9 Å². The molecule has 1 aliphatic heterocycles. The molecule has 1 saturated heterocycles. The highest BCUT2D eigenvalue weighted by atomic mass is 16.4. The number of aromatic nitrogens is 2. The molecule has 3 heterocycles. The third-order valence-corrected chi connectivity index (χ3v) is 4.85. The van der Waals surface area contributed by atoms with Crippen LogP contribution in [0.15, 0.2) is 30.6 Å². The Morgan fingerprint density at radius 3 is 2.77 bits per heavy atom. The lowest BCUT2D eigenvalue weighted by molar-refractivity contribution is -0.142. The summed E-state index contributed by atoms with van der Waals surface area (Å²) < 4.78 is 1.66. The monoisotopic (exact) mass is 299 g/mol. The molecule has 22 heavy (non-hydrogen) atoms. The first-order chi connectivity index (χ1) is 10.6. The van der Waals surface area contributed by atoms with Gasteiger partial charge >= 0.3 is 5.97 Å². The van der Waals surface area contributed by atoms with Crippen LogP contribution in [0.3, 0.4) is 0 Å². The molecular weight excluding hydrogens is 282 g/mol. The third kappa shape index (κ3) is 2.06. The summed E-state index contributed by atoms with van der Waals surface area (Å²) in [5.74, 6) is -0.757. The lowest BCUT2D eigenvalue weighted by atomic mass is 9.92. The third-order valence-electron chi connectivity index (χ3n) is 4.85. The van der Waals surface area contributed by atoms with Crippen molar-refractivity contribution in [1.82, 2.24) is 14.5 Å². The number of nitrogens with zero attached hydrogens (tertiary/aromatic N) is 3. The molecule has 2 aromatic heterocycles. The zero-order chi connectivity index (χ0) is 15.3. The molecule has 1 aliphatic carbocycles. The van der Waals surface area contributed by atoms with Gasteiger partial charge in [-0.1, -0.05) is 6.07 Å². The number of aliphatic carboxylic acids is 1. The summed E-state index contributed by atoms with van der Waals surface area (Å²) in [6.07, 6.45) is 5.54. The van der Waals surface area contributed by atoms with Crippen molar-refractivity contribution in [3.8, 4) is 0 Å². The van der Waals surface area contributed by atoms with Gasteiger partial charge in [0, 0.05) is 19.3 Å². The van der Waals surface area contributed by atoms with E-state index in [1.165, 1.54) is 0 Å². The van der Waals surface area contributed by atoms with Crippen molar-refractivity contribution in [2.75, 3.05) is 13.1 Å². The molecule has 6 heteroatoms. The van der Waals surface area contributed by atoms with Crippen molar-refractivity contribution in [3.05, 3.63) is 36.2 Å². The Bertz CT molecular complexity index is 750. The second kappa shape index (κ2) is 4.83. The Kier molecular flexibility index (Phi) is 2.92. The molecule has 1 saturated carbocycles. The maximum Gasteiger partial charge on any atom is 0.308 e. The maximum absolute atomic E-state index is 12.8. The zero-order valence-electron chi connectivity index (χ0n) is 12.1. The standard InChI is InChI=1S/C16H17N3O3/c20-15(11-7-17-19-6-2-1-3-14(11)19)18-8-12(10-4-5-10)13(9-18)16(21)22/h1-3,6-7,10,12-13H,4-5,8-9H2,(H,21,22)/t12-,13+/m1/s1. The van der Waals surface area contributed by atoms with E-state index in [4.69, 9.17) is 0 Å². The minimum Gasteiger partial charge on any atom is -0.481 e. The molecule has 2 fully saturated rings. The van der Waals surface area contributed by atoms with Crippen LogP contribution in [0.5, 0.6) is 0 Å². The quantitative estimate of drug-likeness (QED) is 0.932. The summed E-state index contributed by atoms with van der Waals surface area (Å²) in [6, 6.07) is 5.57. The molecule has 114 valence electrons. The Balaban J connectivity index is 1.62. The normalized spacial score (nSPS) is 24.8. The van der Waals surface area contributed by atoms with E-state index in [-0.39, 0.29) is 11.8 Å². The van der Waals surface area contributed by atoms with E-state index in [1.54, 1.807) is 21.8 Å². The molecule has 0 radical (unpaired) electrons. The number of fused-ring (bicyclic) bond motifs is 1. The second-order valence-corrected chi connectivity index (χ2v) is 6.24. The highest BCUT2D eigenvalue weighted by Crippen LogP contribution is 2.44. The maximum atomic E-state index is 12.8. The van der Waals surface area contributed by atoms with Crippen molar-refractivity contribution >= 4 is 17.4 Å². The first kappa shape index (κ1) is 13.3. The average molecular weight is 299 g/mol. The number of hydrogen-bond acceptors (Lipinski definition) is 3. The van der Waals surface area contributed by atoms with E-state index in [0.717, 1.165) is 18.4 Å². The summed E-state index contributed by atoms with van der Waals surface area (Å²) in [5.41, 5.74) is 1.30. The number of carboxylic acids is 1. The second-order valence-electron chi connectivity index (χ2n) is 6.24. The highest BCUT2D eigenvalue weighted by molar-refractivity contribution is 6.01. The summed E-state index contributed by atoms with van der Waals surface area (Å²) in [5, 5.41) is 13.6. The van der Waals surface area contributed by atoms with Crippen LogP contribution in [0.25, 0.3) is 5.52 Å². The smallest absolute Gasteiger partial charge is 0.308 e. The Hall–Kier alpha value is -2.37. The van der Waals surface area contributed by atoms with E-state index in [0.29, 0.717) is 24.6 Å². The van der Waals surface area contributed by atoms with E-state index in [1.807, 2.05) is 18.2 Å². The van der Waals surface area contributed by atoms with Gasteiger partial charge in [0.25, 0.3) is 5.91 Å². The van der Waals surface area contributed by atoms with Crippen LogP contribution < -0.4 is 0 Å². The number of carboxylic acid groups (broad SMARTS) is 1. The minimum atomic E-state index is -0.785. The summed E-state index contributed by atoms with van der Waals surface area (Å²) in [6.45, 7) is 0.851. The van der Waals surface area contributed by atoms with Gasteiger partial charge in [-0.05, 0) is 36.8 Å². The first-order valence-electron chi connectivity index (χ1n) is 7.59. The fourth-order valence-corrected chi connectivity index (χ4v) is 3.53. The number of carbonyl (C=O) groups excluding carboxylic acids is 1. The molecule has 2 aliphatic rings. The Morgan fingerprint density at radius 1 is 1.23 bits per heavy atom. The summed E-state index contributed by atoms with van der Waals surface area (Å²) in [7, 11) is 0. The van der Waals surface area contributed by atoms with Crippen molar-refractivity contribution < 1.29 is 14.7 Å². The number of hydrogen-bond donors (Lipinski definition) is 1. The molecule has 0 aromatic carbocycles. The molecule has 2 atom stereocenters. The number of likely N-dealkylation sites (tertiary alicyclic amines) is 1. The van der Waals surface area contributed by atoms with Crippen molar-refractivity contribution in [2.24, 2.45) is 17.8 Å². The molecule has 1 N–H and O–H groups in total. The Labute approximate surface area is 127 Å². The van der Waals surface area contributed by atoms with Crippen LogP contribution in [0.2, 0.25) is 0 Å². The van der Waals surface area contributed by atoms with Gasteiger partial charge in [-0.3, -0.25) is 9.59 Å². The molecule has 1 amide bonds. The van der Waals surface area contributed by atoms with E-state index >= 15 is 0 Å². The van der Waals surface area contributed by atoms with Crippen LogP contribution in [0.1, 0.15) is 23.2 Å². The van der Waals surface area contributed by atoms with Gasteiger partial charge < -0.3 is 10.0 Å². The fourth-order valence-electron chi connectivity index (χ4n) is 3.53. The lowest BCUT2D eigenvalue weighted by Gasteiger charge is -2.15. The van der Waals surface area contributed by atoms with Crippen LogP contribution in [-0.2, 0) is 4.79 Å². The van der Waals surface area contributed by atoms with Gasteiger partial charge in [-0.25, -0.2) is 4.52 Å². The van der Waals surface area contributed by atoms with Crippen LogP contribution in [0, 0.1) is 17.8 Å². The summed E-state index contributed by atoms with van der Waals surface area (Å²) >= 11 is 0. The van der Waals surface area contributed by atoms with Crippen molar-refractivity contribution in [2.45, 2.75) is 12.8 Å².